The fourth-order valence-electron chi connectivity index (χ4n) is 2.47. The van der Waals surface area contributed by atoms with Crippen molar-refractivity contribution in [3.8, 4) is 0 Å². The lowest BCUT2D eigenvalue weighted by Gasteiger charge is -2.16. The number of amides is 1. The molecule has 0 aliphatic carbocycles. The van der Waals surface area contributed by atoms with Crippen LogP contribution >= 0.6 is 23.2 Å². The number of carboxylic acids is 1. The first-order chi connectivity index (χ1) is 14.8. The van der Waals surface area contributed by atoms with Gasteiger partial charge in [0.1, 0.15) is 12.6 Å². The summed E-state index contributed by atoms with van der Waals surface area (Å²) in [6, 6.07) is 12.1. The van der Waals surface area contributed by atoms with E-state index in [1.807, 2.05) is 0 Å². The Morgan fingerprint density at radius 2 is 1.68 bits per heavy atom. The van der Waals surface area contributed by atoms with Crippen molar-refractivity contribution in [1.29, 1.82) is 0 Å². The van der Waals surface area contributed by atoms with E-state index in [2.05, 4.69) is 5.32 Å². The lowest BCUT2D eigenvalue weighted by Crippen LogP contribution is -2.44. The van der Waals surface area contributed by atoms with Crippen LogP contribution in [0.15, 0.2) is 48.5 Å². The van der Waals surface area contributed by atoms with Gasteiger partial charge in [0.2, 0.25) is 0 Å². The molecule has 31 heavy (non-hydrogen) atoms. The minimum atomic E-state index is -1.43. The molecule has 0 aliphatic rings. The molecule has 8 nitrogen and oxygen atoms in total. The fraction of sp³-hybridized carbons (Fsp3) is 0.238. The average molecular weight is 468 g/mol. The van der Waals surface area contributed by atoms with E-state index in [-0.39, 0.29) is 23.1 Å². The first kappa shape index (κ1) is 24.2. The summed E-state index contributed by atoms with van der Waals surface area (Å²) in [6.07, 6.45) is -1.90. The Bertz CT molecular complexity index is 950. The van der Waals surface area contributed by atoms with Crippen LogP contribution in [0.1, 0.15) is 17.5 Å². The molecule has 1 atom stereocenters. The maximum atomic E-state index is 12.3. The zero-order valence-corrected chi connectivity index (χ0v) is 17.7. The number of hydrogen-bond donors (Lipinski definition) is 2. The highest BCUT2D eigenvalue weighted by Gasteiger charge is 2.25. The van der Waals surface area contributed by atoms with E-state index in [0.717, 1.165) is 0 Å². The van der Waals surface area contributed by atoms with Crippen molar-refractivity contribution in [2.75, 3.05) is 6.61 Å². The van der Waals surface area contributed by atoms with Gasteiger partial charge in [-0.05, 0) is 17.2 Å². The molecule has 0 saturated carbocycles. The normalized spacial score (nSPS) is 11.3. The SMILES string of the molecule is O=C(O)CC(NC(=O)OCc1ccccc1)C(=O)COC(=O)Cc1cccc(Cl)c1Cl. The van der Waals surface area contributed by atoms with Crippen LogP contribution in [0.4, 0.5) is 4.79 Å². The van der Waals surface area contributed by atoms with E-state index >= 15 is 0 Å². The van der Waals surface area contributed by atoms with Crippen LogP contribution in [0.25, 0.3) is 0 Å². The molecule has 0 spiro atoms. The summed E-state index contributed by atoms with van der Waals surface area (Å²) < 4.78 is 9.89. The van der Waals surface area contributed by atoms with Gasteiger partial charge in [-0.2, -0.15) is 0 Å². The zero-order chi connectivity index (χ0) is 22.8. The highest BCUT2D eigenvalue weighted by atomic mass is 35.5. The Morgan fingerprint density at radius 3 is 2.35 bits per heavy atom. The van der Waals surface area contributed by atoms with Gasteiger partial charge in [0, 0.05) is 0 Å². The number of halogens is 2. The van der Waals surface area contributed by atoms with Gasteiger partial charge in [-0.25, -0.2) is 4.79 Å². The number of benzene rings is 2. The highest BCUT2D eigenvalue weighted by Crippen LogP contribution is 2.25. The number of hydrogen-bond acceptors (Lipinski definition) is 6. The summed E-state index contributed by atoms with van der Waals surface area (Å²) >= 11 is 11.9. The van der Waals surface area contributed by atoms with Crippen molar-refractivity contribution in [3.05, 3.63) is 69.7 Å². The minimum absolute atomic E-state index is 0.0595. The van der Waals surface area contributed by atoms with Crippen molar-refractivity contribution in [2.45, 2.75) is 25.5 Å². The summed E-state index contributed by atoms with van der Waals surface area (Å²) in [5.41, 5.74) is 1.13. The third kappa shape index (κ3) is 8.27. The topological polar surface area (TPSA) is 119 Å². The van der Waals surface area contributed by atoms with E-state index in [1.165, 1.54) is 0 Å². The molecule has 2 N–H and O–H groups in total. The Morgan fingerprint density at radius 1 is 0.968 bits per heavy atom. The van der Waals surface area contributed by atoms with Crippen LogP contribution in [0.3, 0.4) is 0 Å². The number of Topliss-reactive ketones (excluding diaryl/α,β-unsaturated/α-hetero) is 1. The van der Waals surface area contributed by atoms with E-state index in [9.17, 15) is 19.2 Å². The van der Waals surface area contributed by atoms with Gasteiger partial charge >= 0.3 is 18.0 Å². The molecule has 0 aliphatic heterocycles. The van der Waals surface area contributed by atoms with Gasteiger partial charge in [-0.15, -0.1) is 0 Å². The smallest absolute Gasteiger partial charge is 0.408 e. The predicted molar refractivity (Wildman–Crippen MR) is 112 cm³/mol. The Hall–Kier alpha value is -3.10. The zero-order valence-electron chi connectivity index (χ0n) is 16.2. The quantitative estimate of drug-likeness (QED) is 0.513. The summed E-state index contributed by atoms with van der Waals surface area (Å²) in [5.74, 6) is -2.89. The second-order valence-corrected chi connectivity index (χ2v) is 7.16. The first-order valence-electron chi connectivity index (χ1n) is 9.06. The lowest BCUT2D eigenvalue weighted by atomic mass is 10.1. The molecule has 0 fully saturated rings. The van der Waals surface area contributed by atoms with Crippen LogP contribution in [0.5, 0.6) is 0 Å². The number of nitrogens with one attached hydrogen (secondary N) is 1. The van der Waals surface area contributed by atoms with Crippen LogP contribution in [-0.4, -0.2) is 41.6 Å². The van der Waals surface area contributed by atoms with Gasteiger partial charge in [-0.3, -0.25) is 14.4 Å². The number of ketones is 1. The number of alkyl carbamates (subject to hydrolysis) is 1. The molecule has 0 bridgehead atoms. The molecule has 2 rings (SSSR count). The van der Waals surface area contributed by atoms with Gasteiger partial charge in [0.15, 0.2) is 12.4 Å². The largest absolute Gasteiger partial charge is 0.481 e. The molecule has 0 radical (unpaired) electrons. The van der Waals surface area contributed by atoms with Gasteiger partial charge in [-0.1, -0.05) is 65.7 Å². The number of esters is 1. The van der Waals surface area contributed by atoms with E-state index < -0.39 is 42.9 Å². The number of carboxylic acid groups (broad SMARTS) is 1. The van der Waals surface area contributed by atoms with Crippen molar-refractivity contribution in [3.63, 3.8) is 0 Å². The number of ether oxygens (including phenoxy) is 2. The molecule has 1 amide bonds. The second-order valence-electron chi connectivity index (χ2n) is 6.37. The van der Waals surface area contributed by atoms with Crippen LogP contribution in [0.2, 0.25) is 10.0 Å². The summed E-state index contributed by atoms with van der Waals surface area (Å²) in [6.45, 7) is -0.788. The highest BCUT2D eigenvalue weighted by molar-refractivity contribution is 6.42. The van der Waals surface area contributed by atoms with Gasteiger partial charge in [0.05, 0.1) is 22.9 Å². The molecule has 2 aromatic carbocycles. The third-order valence-electron chi connectivity index (χ3n) is 4.01. The summed E-state index contributed by atoms with van der Waals surface area (Å²) in [5, 5.41) is 11.7. The van der Waals surface area contributed by atoms with Crippen LogP contribution < -0.4 is 5.32 Å². The Kier molecular flexibility index (Phi) is 9.30. The maximum Gasteiger partial charge on any atom is 0.408 e. The first-order valence-corrected chi connectivity index (χ1v) is 9.82. The molecule has 0 heterocycles. The number of rotatable bonds is 10. The molecule has 0 aromatic heterocycles. The molecule has 1 unspecified atom stereocenters. The molecule has 10 heteroatoms. The van der Waals surface area contributed by atoms with Crippen molar-refractivity contribution in [2.24, 2.45) is 0 Å². The Labute approximate surface area is 188 Å². The van der Waals surface area contributed by atoms with Crippen molar-refractivity contribution < 1.29 is 33.8 Å². The minimum Gasteiger partial charge on any atom is -0.481 e. The molecule has 2 aromatic rings. The average Bonchev–Trinajstić information content (AvgIpc) is 2.74. The fourth-order valence-corrected chi connectivity index (χ4v) is 2.86. The van der Waals surface area contributed by atoms with Crippen LogP contribution in [0, 0.1) is 0 Å². The molecule has 0 saturated heterocycles. The Balaban J connectivity index is 1.88. The standard InChI is InChI=1S/C21H19Cl2NO7/c22-15-8-4-7-14(20(15)23)9-19(28)30-12-17(25)16(10-18(26)27)24-21(29)31-11-13-5-2-1-3-6-13/h1-8,16H,9-12H2,(H,24,29)(H,26,27). The second kappa shape index (κ2) is 11.9. The molecular weight excluding hydrogens is 449 g/mol. The van der Waals surface area contributed by atoms with E-state index in [0.29, 0.717) is 11.1 Å². The van der Waals surface area contributed by atoms with Gasteiger partial charge < -0.3 is 19.9 Å². The van der Waals surface area contributed by atoms with Gasteiger partial charge in [0.25, 0.3) is 0 Å². The van der Waals surface area contributed by atoms with E-state index in [1.54, 1.807) is 48.5 Å². The lowest BCUT2D eigenvalue weighted by molar-refractivity contribution is -0.148. The summed E-state index contributed by atoms with van der Waals surface area (Å²) in [7, 11) is 0. The van der Waals surface area contributed by atoms with Crippen LogP contribution in [-0.2, 0) is 36.9 Å². The maximum absolute atomic E-state index is 12.3. The monoisotopic (exact) mass is 467 g/mol. The molecule has 164 valence electrons. The summed E-state index contributed by atoms with van der Waals surface area (Å²) in [4.78, 5) is 47.3. The number of aliphatic carboxylic acids is 1. The number of carbonyl (C=O) groups excluding carboxylic acids is 3. The third-order valence-corrected chi connectivity index (χ3v) is 4.87. The van der Waals surface area contributed by atoms with Crippen molar-refractivity contribution >= 4 is 47.0 Å². The number of carbonyl (C=O) groups is 4. The van der Waals surface area contributed by atoms with Crippen molar-refractivity contribution in [1.82, 2.24) is 5.32 Å². The van der Waals surface area contributed by atoms with E-state index in [4.69, 9.17) is 37.8 Å². The predicted octanol–water partition coefficient (Wildman–Crippen LogP) is 3.42. The molecular formula is C21H19Cl2NO7.